The van der Waals surface area contributed by atoms with E-state index in [1.165, 1.54) is 0 Å². The minimum atomic E-state index is -0.709. The molecular weight excluding hydrogens is 317 g/mol. The SMILES string of the molecule is Nc1nc([Se])c2ncn([C@H]3C[C@H](O)[C@@H](CO)O3)c2n1. The molecule has 4 N–H and O–H groups in total. The number of aliphatic hydroxyl groups is 2. The third kappa shape index (κ3) is 2.09. The summed E-state index contributed by atoms with van der Waals surface area (Å²) in [6.07, 6.45) is 0.208. The first-order valence-corrected chi connectivity index (χ1v) is 6.57. The number of rotatable bonds is 2. The molecule has 3 atom stereocenters. The van der Waals surface area contributed by atoms with Crippen LogP contribution in [0, 0.1) is 0 Å². The van der Waals surface area contributed by atoms with Crippen molar-refractivity contribution in [2.75, 3.05) is 12.3 Å². The second-order valence-electron chi connectivity index (χ2n) is 4.33. The Morgan fingerprint density at radius 2 is 2.32 bits per heavy atom. The Morgan fingerprint density at radius 3 is 3.00 bits per heavy atom. The third-order valence-corrected chi connectivity index (χ3v) is 3.70. The summed E-state index contributed by atoms with van der Waals surface area (Å²) in [7, 11) is 0. The first kappa shape index (κ1) is 12.8. The molecule has 2 aromatic heterocycles. The average molecular weight is 329 g/mol. The molecule has 0 saturated carbocycles. The molecule has 1 radical (unpaired) electrons. The Balaban J connectivity index is 2.02. The predicted octanol–water partition coefficient (Wildman–Crippen LogP) is -2.16. The molecule has 1 aliphatic rings. The molecule has 0 unspecified atom stereocenters. The Hall–Kier alpha value is -1.25. The Bertz CT molecular complexity index is 618. The molecule has 0 aromatic carbocycles. The topological polar surface area (TPSA) is 119 Å². The molecular formula is C10H12N5O3Se. The number of nitrogens with zero attached hydrogens (tertiary/aromatic N) is 4. The van der Waals surface area contributed by atoms with Gasteiger partial charge in [0.05, 0.1) is 0 Å². The number of nitrogens with two attached hydrogens (primary N) is 1. The summed E-state index contributed by atoms with van der Waals surface area (Å²) in [5.41, 5.74) is 6.75. The van der Waals surface area contributed by atoms with Crippen LogP contribution in [0.15, 0.2) is 6.33 Å². The fourth-order valence-corrected chi connectivity index (χ4v) is 2.67. The summed E-state index contributed by atoms with van der Waals surface area (Å²) in [5.74, 6) is 0.139. The van der Waals surface area contributed by atoms with Crippen molar-refractivity contribution in [2.45, 2.75) is 24.9 Å². The van der Waals surface area contributed by atoms with Gasteiger partial charge in [0, 0.05) is 0 Å². The summed E-state index contributed by atoms with van der Waals surface area (Å²) >= 11 is 2.78. The van der Waals surface area contributed by atoms with Crippen LogP contribution < -0.4 is 10.3 Å². The summed E-state index contributed by atoms with van der Waals surface area (Å²) in [5, 5.41) is 18.8. The molecule has 0 aliphatic carbocycles. The average Bonchev–Trinajstić information content (AvgIpc) is 2.92. The standard InChI is InChI=1S/C10H12N5O3Se/c11-10-13-8-7(9(19)14-10)12-3-15(8)6-1-4(17)5(2-16)18-6/h3-6,16-17H,1-2H2,(H2,11,13,14)/t4-,5+,6+/m0/s1. The number of aliphatic hydroxyl groups excluding tert-OH is 2. The van der Waals surface area contributed by atoms with Crippen molar-refractivity contribution < 1.29 is 14.9 Å². The summed E-state index contributed by atoms with van der Waals surface area (Å²) in [4.78, 5) is 12.3. The molecule has 3 heterocycles. The van der Waals surface area contributed by atoms with Gasteiger partial charge in [-0.25, -0.2) is 0 Å². The van der Waals surface area contributed by atoms with Gasteiger partial charge in [-0.3, -0.25) is 0 Å². The van der Waals surface area contributed by atoms with Crippen LogP contribution in [0.4, 0.5) is 5.95 Å². The van der Waals surface area contributed by atoms with Crippen LogP contribution >= 0.6 is 0 Å². The monoisotopic (exact) mass is 330 g/mol. The number of fused-ring (bicyclic) bond motifs is 1. The van der Waals surface area contributed by atoms with Crippen molar-refractivity contribution >= 4 is 37.7 Å². The van der Waals surface area contributed by atoms with Crippen LogP contribution in [-0.2, 0) is 4.74 Å². The fourth-order valence-electron chi connectivity index (χ4n) is 2.17. The quantitative estimate of drug-likeness (QED) is 0.537. The first-order valence-electron chi connectivity index (χ1n) is 5.71. The van der Waals surface area contributed by atoms with Crippen LogP contribution in [-0.4, -0.2) is 64.6 Å². The van der Waals surface area contributed by atoms with Gasteiger partial charge in [0.15, 0.2) is 0 Å². The van der Waals surface area contributed by atoms with E-state index >= 15 is 0 Å². The van der Waals surface area contributed by atoms with Gasteiger partial charge < -0.3 is 0 Å². The predicted molar refractivity (Wildman–Crippen MR) is 66.7 cm³/mol. The van der Waals surface area contributed by atoms with Gasteiger partial charge in [0.1, 0.15) is 0 Å². The molecule has 1 aliphatic heterocycles. The van der Waals surface area contributed by atoms with E-state index < -0.39 is 18.4 Å². The molecule has 3 rings (SSSR count). The van der Waals surface area contributed by atoms with Crippen LogP contribution in [0.1, 0.15) is 12.6 Å². The summed E-state index contributed by atoms with van der Waals surface area (Å²) in [6.45, 7) is -0.228. The molecule has 9 heteroatoms. The van der Waals surface area contributed by atoms with E-state index in [-0.39, 0.29) is 12.6 Å². The minimum absolute atomic E-state index is 0.139. The maximum absolute atomic E-state index is 9.76. The summed E-state index contributed by atoms with van der Waals surface area (Å²) < 4.78 is 7.82. The zero-order chi connectivity index (χ0) is 13.6. The van der Waals surface area contributed by atoms with Crippen LogP contribution in [0.2, 0.25) is 0 Å². The van der Waals surface area contributed by atoms with Crippen LogP contribution in [0.25, 0.3) is 11.2 Å². The van der Waals surface area contributed by atoms with Gasteiger partial charge >= 0.3 is 116 Å². The van der Waals surface area contributed by atoms with E-state index in [0.717, 1.165) is 0 Å². The number of hydrogen-bond donors (Lipinski definition) is 3. The number of nitrogen functional groups attached to an aromatic ring is 1. The van der Waals surface area contributed by atoms with E-state index in [1.807, 2.05) is 0 Å². The second kappa shape index (κ2) is 4.69. The van der Waals surface area contributed by atoms with Gasteiger partial charge in [-0.05, 0) is 0 Å². The van der Waals surface area contributed by atoms with E-state index in [0.29, 0.717) is 22.2 Å². The van der Waals surface area contributed by atoms with Gasteiger partial charge in [-0.1, -0.05) is 0 Å². The Labute approximate surface area is 116 Å². The first-order chi connectivity index (χ1) is 9.10. The van der Waals surface area contributed by atoms with E-state index in [2.05, 4.69) is 31.0 Å². The fraction of sp³-hybridized carbons (Fsp3) is 0.500. The normalized spacial score (nSPS) is 27.2. The Morgan fingerprint density at radius 1 is 1.53 bits per heavy atom. The molecule has 1 saturated heterocycles. The second-order valence-corrected chi connectivity index (χ2v) is 5.14. The molecule has 101 valence electrons. The number of ether oxygens (including phenoxy) is 1. The van der Waals surface area contributed by atoms with Crippen molar-refractivity contribution in [2.24, 2.45) is 0 Å². The van der Waals surface area contributed by atoms with Crippen molar-refractivity contribution in [3.63, 3.8) is 0 Å². The van der Waals surface area contributed by atoms with Gasteiger partial charge in [0.2, 0.25) is 0 Å². The van der Waals surface area contributed by atoms with Crippen LogP contribution in [0.3, 0.4) is 0 Å². The van der Waals surface area contributed by atoms with Crippen molar-refractivity contribution in [1.82, 2.24) is 19.5 Å². The Kier molecular flexibility index (Phi) is 3.15. The zero-order valence-electron chi connectivity index (χ0n) is 9.80. The molecule has 0 spiro atoms. The van der Waals surface area contributed by atoms with Gasteiger partial charge in [0.25, 0.3) is 0 Å². The van der Waals surface area contributed by atoms with E-state index in [4.69, 9.17) is 15.6 Å². The molecule has 0 bridgehead atoms. The number of hydrogen-bond acceptors (Lipinski definition) is 7. The molecule has 8 nitrogen and oxygen atoms in total. The maximum atomic E-state index is 9.76. The number of anilines is 1. The molecule has 2 aromatic rings. The van der Waals surface area contributed by atoms with Crippen LogP contribution in [0.5, 0.6) is 0 Å². The van der Waals surface area contributed by atoms with Crippen molar-refractivity contribution in [3.8, 4) is 0 Å². The number of aromatic nitrogens is 4. The summed E-state index contributed by atoms with van der Waals surface area (Å²) in [6, 6.07) is 0. The third-order valence-electron chi connectivity index (χ3n) is 3.10. The molecule has 1 fully saturated rings. The van der Waals surface area contributed by atoms with E-state index in [1.54, 1.807) is 10.9 Å². The van der Waals surface area contributed by atoms with E-state index in [9.17, 15) is 5.11 Å². The van der Waals surface area contributed by atoms with Gasteiger partial charge in [-0.15, -0.1) is 0 Å². The zero-order valence-corrected chi connectivity index (χ0v) is 11.5. The molecule has 19 heavy (non-hydrogen) atoms. The number of imidazole rings is 1. The van der Waals surface area contributed by atoms with Gasteiger partial charge in [-0.2, -0.15) is 0 Å². The molecule has 0 amide bonds. The van der Waals surface area contributed by atoms with Crippen molar-refractivity contribution in [1.29, 1.82) is 0 Å². The van der Waals surface area contributed by atoms with Crippen molar-refractivity contribution in [3.05, 3.63) is 6.33 Å².